The van der Waals surface area contributed by atoms with Crippen LogP contribution in [-0.2, 0) is 11.3 Å². The van der Waals surface area contributed by atoms with E-state index < -0.39 is 6.10 Å². The number of hydrogen-bond acceptors (Lipinski definition) is 5. The molecule has 0 unspecified atom stereocenters. The first-order valence-electron chi connectivity index (χ1n) is 12.0. The molecule has 182 valence electrons. The molecular formula is C27H34FN3O3. The van der Waals surface area contributed by atoms with Gasteiger partial charge in [0.25, 0.3) is 0 Å². The second kappa shape index (κ2) is 11.1. The van der Waals surface area contributed by atoms with Crippen molar-refractivity contribution in [1.82, 2.24) is 14.7 Å². The summed E-state index contributed by atoms with van der Waals surface area (Å²) in [7, 11) is 0. The maximum atomic E-state index is 13.5. The number of aryl methyl sites for hydroxylation is 1. The summed E-state index contributed by atoms with van der Waals surface area (Å²) in [4.78, 5) is 2.27. The number of nitrogens with zero attached hydrogens (tertiary/aromatic N) is 3. The van der Waals surface area contributed by atoms with Crippen molar-refractivity contribution in [1.29, 1.82) is 0 Å². The molecule has 0 bridgehead atoms. The number of ether oxygens (including phenoxy) is 2. The molecule has 1 N–H and O–H groups in total. The highest BCUT2D eigenvalue weighted by Crippen LogP contribution is 2.34. The average Bonchev–Trinajstić information content (AvgIpc) is 3.59. The summed E-state index contributed by atoms with van der Waals surface area (Å²) < 4.78 is 27.2. The molecule has 0 spiro atoms. The summed E-state index contributed by atoms with van der Waals surface area (Å²) in [6.07, 6.45) is 1.94. The number of benzene rings is 2. The maximum Gasteiger partial charge on any atom is 0.227 e. The number of rotatable bonds is 12. The number of aromatic nitrogens is 2. The summed E-state index contributed by atoms with van der Waals surface area (Å²) in [5, 5.41) is 15.4. The van der Waals surface area contributed by atoms with Gasteiger partial charge in [0.15, 0.2) is 0 Å². The smallest absolute Gasteiger partial charge is 0.227 e. The van der Waals surface area contributed by atoms with Crippen LogP contribution in [-0.4, -0.2) is 51.7 Å². The largest absolute Gasteiger partial charge is 0.439 e. The third-order valence-electron chi connectivity index (χ3n) is 5.85. The molecule has 0 aliphatic heterocycles. The van der Waals surface area contributed by atoms with Gasteiger partial charge in [-0.3, -0.25) is 4.90 Å². The van der Waals surface area contributed by atoms with Gasteiger partial charge in [-0.25, -0.2) is 9.07 Å². The number of para-hydroxylation sites is 1. The highest BCUT2D eigenvalue weighted by Gasteiger charge is 2.28. The average molecular weight is 468 g/mol. The molecule has 1 saturated carbocycles. The summed E-state index contributed by atoms with van der Waals surface area (Å²) in [5.41, 5.74) is 2.69. The molecule has 1 aliphatic carbocycles. The van der Waals surface area contributed by atoms with Crippen molar-refractivity contribution in [2.24, 2.45) is 5.92 Å². The van der Waals surface area contributed by atoms with E-state index in [2.05, 4.69) is 4.90 Å². The van der Waals surface area contributed by atoms with Crippen LogP contribution in [0.4, 0.5) is 4.39 Å². The topological polar surface area (TPSA) is 59.8 Å². The molecule has 2 aromatic carbocycles. The van der Waals surface area contributed by atoms with Crippen molar-refractivity contribution >= 4 is 0 Å². The van der Waals surface area contributed by atoms with E-state index in [1.807, 2.05) is 51.1 Å². The van der Waals surface area contributed by atoms with Crippen LogP contribution in [0.1, 0.15) is 37.9 Å². The number of aliphatic hydroxyl groups is 1. The third-order valence-corrected chi connectivity index (χ3v) is 5.85. The van der Waals surface area contributed by atoms with Crippen molar-refractivity contribution in [3.8, 4) is 17.3 Å². The Morgan fingerprint density at radius 2 is 1.82 bits per heavy atom. The molecule has 1 fully saturated rings. The van der Waals surface area contributed by atoms with Crippen LogP contribution in [0.25, 0.3) is 5.69 Å². The third kappa shape index (κ3) is 6.65. The summed E-state index contributed by atoms with van der Waals surface area (Å²) in [6, 6.07) is 15.8. The van der Waals surface area contributed by atoms with Crippen molar-refractivity contribution in [3.63, 3.8) is 0 Å². The fourth-order valence-electron chi connectivity index (χ4n) is 3.93. The zero-order valence-corrected chi connectivity index (χ0v) is 20.2. The van der Waals surface area contributed by atoms with Gasteiger partial charge in [0, 0.05) is 19.6 Å². The van der Waals surface area contributed by atoms with Gasteiger partial charge < -0.3 is 14.6 Å². The SMILES string of the molecule is Cc1nn(-c2ccccc2)c(Oc2ccc(F)cc2)c1CN(CC1CC1)C[C@H](O)COC(C)C. The van der Waals surface area contributed by atoms with Crippen molar-refractivity contribution in [3.05, 3.63) is 71.7 Å². The minimum Gasteiger partial charge on any atom is -0.439 e. The van der Waals surface area contributed by atoms with Crippen molar-refractivity contribution < 1.29 is 19.0 Å². The number of halogens is 1. The van der Waals surface area contributed by atoms with Gasteiger partial charge in [-0.15, -0.1) is 0 Å². The summed E-state index contributed by atoms with van der Waals surface area (Å²) in [6.45, 7) is 8.22. The molecule has 1 aromatic heterocycles. The first-order valence-corrected chi connectivity index (χ1v) is 12.0. The van der Waals surface area contributed by atoms with E-state index in [-0.39, 0.29) is 11.9 Å². The summed E-state index contributed by atoms with van der Waals surface area (Å²) >= 11 is 0. The zero-order valence-electron chi connectivity index (χ0n) is 20.2. The second-order valence-corrected chi connectivity index (χ2v) is 9.35. The molecule has 4 rings (SSSR count). The van der Waals surface area contributed by atoms with E-state index in [0.29, 0.717) is 37.2 Å². The predicted molar refractivity (Wildman–Crippen MR) is 130 cm³/mol. The van der Waals surface area contributed by atoms with Gasteiger partial charge in [0.05, 0.1) is 35.8 Å². The number of aliphatic hydroxyl groups excluding tert-OH is 1. The Balaban J connectivity index is 1.62. The highest BCUT2D eigenvalue weighted by atomic mass is 19.1. The van der Waals surface area contributed by atoms with Gasteiger partial charge in [0.2, 0.25) is 5.88 Å². The Hall–Kier alpha value is -2.74. The number of hydrogen-bond donors (Lipinski definition) is 1. The Labute approximate surface area is 200 Å². The predicted octanol–water partition coefficient (Wildman–Crippen LogP) is 5.11. The lowest BCUT2D eigenvalue weighted by molar-refractivity contribution is -0.0101. The molecule has 3 aromatic rings. The fraction of sp³-hybridized carbons (Fsp3) is 0.444. The van der Waals surface area contributed by atoms with Crippen LogP contribution in [0.5, 0.6) is 11.6 Å². The lowest BCUT2D eigenvalue weighted by Crippen LogP contribution is -2.36. The lowest BCUT2D eigenvalue weighted by atomic mass is 10.2. The van der Waals surface area contributed by atoms with Gasteiger partial charge in [0.1, 0.15) is 11.6 Å². The highest BCUT2D eigenvalue weighted by molar-refractivity contribution is 5.43. The van der Waals surface area contributed by atoms with Crippen LogP contribution in [0.2, 0.25) is 0 Å². The van der Waals surface area contributed by atoms with E-state index in [9.17, 15) is 9.50 Å². The van der Waals surface area contributed by atoms with E-state index in [1.54, 1.807) is 16.8 Å². The minimum absolute atomic E-state index is 0.0774. The van der Waals surface area contributed by atoms with Crippen LogP contribution in [0.3, 0.4) is 0 Å². The molecule has 0 saturated heterocycles. The van der Waals surface area contributed by atoms with E-state index in [4.69, 9.17) is 14.6 Å². The second-order valence-electron chi connectivity index (χ2n) is 9.35. The van der Waals surface area contributed by atoms with E-state index in [1.165, 1.54) is 25.0 Å². The summed E-state index contributed by atoms with van der Waals surface area (Å²) in [5.74, 6) is 1.49. The van der Waals surface area contributed by atoms with E-state index >= 15 is 0 Å². The van der Waals surface area contributed by atoms with Gasteiger partial charge in [-0.05, 0) is 75.9 Å². The molecule has 7 heteroatoms. The molecule has 6 nitrogen and oxygen atoms in total. The lowest BCUT2D eigenvalue weighted by Gasteiger charge is -2.26. The molecule has 1 heterocycles. The maximum absolute atomic E-state index is 13.5. The fourth-order valence-corrected chi connectivity index (χ4v) is 3.93. The standard InChI is InChI=1S/C27H34FN3O3/c1-19(2)33-18-24(32)16-30(15-21-9-10-21)17-26-20(3)29-31(23-7-5-4-6-8-23)27(26)34-25-13-11-22(28)12-14-25/h4-8,11-14,19,21,24,32H,9-10,15-18H2,1-3H3/t24-/m0/s1. The van der Waals surface area contributed by atoms with Gasteiger partial charge in [-0.1, -0.05) is 18.2 Å². The van der Waals surface area contributed by atoms with E-state index in [0.717, 1.165) is 23.5 Å². The quantitative estimate of drug-likeness (QED) is 0.401. The molecular weight excluding hydrogens is 433 g/mol. The van der Waals surface area contributed by atoms with Gasteiger partial charge in [-0.2, -0.15) is 5.10 Å². The van der Waals surface area contributed by atoms with Crippen LogP contribution < -0.4 is 4.74 Å². The first kappa shape index (κ1) is 24.4. The molecule has 0 amide bonds. The van der Waals surface area contributed by atoms with Crippen LogP contribution in [0.15, 0.2) is 54.6 Å². The monoisotopic (exact) mass is 467 g/mol. The molecule has 1 atom stereocenters. The molecule has 34 heavy (non-hydrogen) atoms. The Bertz CT molecular complexity index is 1050. The molecule has 0 radical (unpaired) electrons. The van der Waals surface area contributed by atoms with Gasteiger partial charge >= 0.3 is 0 Å². The zero-order chi connectivity index (χ0) is 24.1. The normalized spacial score (nSPS) is 14.7. The van der Waals surface area contributed by atoms with Crippen LogP contribution in [0, 0.1) is 18.7 Å². The first-order chi connectivity index (χ1) is 16.4. The molecule has 1 aliphatic rings. The van der Waals surface area contributed by atoms with Crippen molar-refractivity contribution in [2.75, 3.05) is 19.7 Å². The Kier molecular flexibility index (Phi) is 7.98. The van der Waals surface area contributed by atoms with Crippen LogP contribution >= 0.6 is 0 Å². The Morgan fingerprint density at radius 1 is 1.12 bits per heavy atom. The Morgan fingerprint density at radius 3 is 2.47 bits per heavy atom. The van der Waals surface area contributed by atoms with Crippen molar-refractivity contribution in [2.45, 2.75) is 52.4 Å². The minimum atomic E-state index is -0.577.